The molecule has 3 aromatic rings. The normalized spacial score (nSPS) is 15.9. The molecule has 2 aromatic heterocycles. The number of thiazole rings is 1. The highest BCUT2D eigenvalue weighted by Crippen LogP contribution is 2.33. The van der Waals surface area contributed by atoms with Crippen molar-refractivity contribution in [3.63, 3.8) is 0 Å². The quantitative estimate of drug-likeness (QED) is 0.450. The Hall–Kier alpha value is -1.87. The molecule has 1 aliphatic rings. The number of hydrogen-bond donors (Lipinski definition) is 0. The van der Waals surface area contributed by atoms with Gasteiger partial charge in [-0.25, -0.2) is 4.98 Å². The van der Waals surface area contributed by atoms with Crippen molar-refractivity contribution in [1.82, 2.24) is 9.55 Å². The maximum atomic E-state index is 5.01. The zero-order valence-corrected chi connectivity index (χ0v) is 18.5. The summed E-state index contributed by atoms with van der Waals surface area (Å²) in [6, 6.07) is 13.4. The van der Waals surface area contributed by atoms with E-state index in [4.69, 9.17) is 4.98 Å². The van der Waals surface area contributed by atoms with Gasteiger partial charge in [-0.1, -0.05) is 64.3 Å². The van der Waals surface area contributed by atoms with E-state index in [1.54, 1.807) is 11.3 Å². The molecule has 1 fully saturated rings. The molecule has 0 bridgehead atoms. The molecular formula is C25H32N2S. The van der Waals surface area contributed by atoms with E-state index in [-0.39, 0.29) is 5.41 Å². The molecule has 3 heteroatoms. The van der Waals surface area contributed by atoms with E-state index in [2.05, 4.69) is 74.0 Å². The van der Waals surface area contributed by atoms with Crippen molar-refractivity contribution < 1.29 is 0 Å². The molecule has 1 saturated carbocycles. The molecule has 1 aliphatic carbocycles. The lowest BCUT2D eigenvalue weighted by molar-refractivity contribution is 0.319. The van der Waals surface area contributed by atoms with Crippen molar-refractivity contribution in [3.8, 4) is 22.0 Å². The fraction of sp³-hybridized carbons (Fsp3) is 0.480. The Morgan fingerprint density at radius 1 is 1.00 bits per heavy atom. The lowest BCUT2D eigenvalue weighted by Crippen LogP contribution is -2.15. The predicted molar refractivity (Wildman–Crippen MR) is 121 cm³/mol. The van der Waals surface area contributed by atoms with E-state index in [9.17, 15) is 0 Å². The van der Waals surface area contributed by atoms with Gasteiger partial charge in [-0.3, -0.25) is 0 Å². The largest absolute Gasteiger partial charge is 0.343 e. The topological polar surface area (TPSA) is 17.8 Å². The van der Waals surface area contributed by atoms with Crippen LogP contribution in [0.2, 0.25) is 0 Å². The van der Waals surface area contributed by atoms with Gasteiger partial charge in [0.15, 0.2) is 0 Å². The van der Waals surface area contributed by atoms with Gasteiger partial charge in [0.05, 0.1) is 11.4 Å². The summed E-state index contributed by atoms with van der Waals surface area (Å²) in [5, 5.41) is 3.33. The highest BCUT2D eigenvalue weighted by Gasteiger charge is 2.18. The van der Waals surface area contributed by atoms with Crippen LogP contribution in [0.4, 0.5) is 0 Å². The Morgan fingerprint density at radius 3 is 2.39 bits per heavy atom. The van der Waals surface area contributed by atoms with Gasteiger partial charge in [-0.05, 0) is 48.8 Å². The molecule has 4 rings (SSSR count). The summed E-state index contributed by atoms with van der Waals surface area (Å²) in [6.07, 6.45) is 6.95. The highest BCUT2D eigenvalue weighted by atomic mass is 32.1. The molecule has 148 valence electrons. The third-order valence-corrected chi connectivity index (χ3v) is 7.02. The van der Waals surface area contributed by atoms with E-state index >= 15 is 0 Å². The molecule has 0 atom stereocenters. The first-order valence-electron chi connectivity index (χ1n) is 10.6. The number of aryl methyl sites for hydroxylation is 1. The fourth-order valence-electron chi connectivity index (χ4n) is 4.30. The van der Waals surface area contributed by atoms with E-state index < -0.39 is 0 Å². The van der Waals surface area contributed by atoms with Crippen molar-refractivity contribution in [3.05, 3.63) is 53.0 Å². The van der Waals surface area contributed by atoms with Crippen molar-refractivity contribution >= 4 is 11.3 Å². The monoisotopic (exact) mass is 392 g/mol. The molecule has 0 aliphatic heterocycles. The predicted octanol–water partition coefficient (Wildman–Crippen LogP) is 7.46. The molecule has 2 heterocycles. The molecule has 0 N–H and O–H groups in total. The zero-order chi connectivity index (χ0) is 19.7. The molecule has 0 spiro atoms. The molecule has 0 amide bonds. The van der Waals surface area contributed by atoms with Crippen LogP contribution in [0, 0.1) is 12.8 Å². The van der Waals surface area contributed by atoms with Gasteiger partial charge in [-0.15, -0.1) is 11.3 Å². The van der Waals surface area contributed by atoms with Crippen LogP contribution in [-0.2, 0) is 12.0 Å². The first kappa shape index (κ1) is 19.4. The minimum atomic E-state index is 0.185. The van der Waals surface area contributed by atoms with Gasteiger partial charge < -0.3 is 4.57 Å². The van der Waals surface area contributed by atoms with E-state index in [0.29, 0.717) is 0 Å². The third-order valence-electron chi connectivity index (χ3n) is 6.13. The van der Waals surface area contributed by atoms with Gasteiger partial charge >= 0.3 is 0 Å². The zero-order valence-electron chi connectivity index (χ0n) is 17.7. The Bertz CT molecular complexity index is 918. The van der Waals surface area contributed by atoms with Crippen LogP contribution in [0.3, 0.4) is 0 Å². The maximum absolute atomic E-state index is 5.01. The average molecular weight is 393 g/mol. The van der Waals surface area contributed by atoms with Crippen LogP contribution >= 0.6 is 11.3 Å². The summed E-state index contributed by atoms with van der Waals surface area (Å²) >= 11 is 1.75. The first-order valence-corrected chi connectivity index (χ1v) is 11.5. The Balaban J connectivity index is 1.58. The minimum Gasteiger partial charge on any atom is -0.343 e. The molecular weight excluding hydrogens is 360 g/mol. The van der Waals surface area contributed by atoms with Crippen LogP contribution in [0.25, 0.3) is 22.0 Å². The SMILES string of the molecule is Cc1ccc(-c2csc(-c3ccc(C(C)(C)C)cc3)n2)n1CC1CCCCC1. The van der Waals surface area contributed by atoms with Crippen LogP contribution < -0.4 is 0 Å². The number of nitrogens with zero attached hydrogens (tertiary/aromatic N) is 2. The van der Waals surface area contributed by atoms with E-state index in [1.165, 1.54) is 54.6 Å². The Kier molecular flexibility index (Phi) is 5.46. The molecule has 2 nitrogen and oxygen atoms in total. The molecule has 1 aromatic carbocycles. The maximum Gasteiger partial charge on any atom is 0.124 e. The second-order valence-electron chi connectivity index (χ2n) is 9.34. The van der Waals surface area contributed by atoms with Gasteiger partial charge in [-0.2, -0.15) is 0 Å². The van der Waals surface area contributed by atoms with Gasteiger partial charge in [0.1, 0.15) is 5.01 Å². The molecule has 0 unspecified atom stereocenters. The van der Waals surface area contributed by atoms with E-state index in [1.807, 2.05) is 0 Å². The number of benzene rings is 1. The number of rotatable bonds is 4. The fourth-order valence-corrected chi connectivity index (χ4v) is 5.12. The Labute approximate surface area is 173 Å². The lowest BCUT2D eigenvalue weighted by Gasteiger charge is -2.24. The highest BCUT2D eigenvalue weighted by molar-refractivity contribution is 7.13. The smallest absolute Gasteiger partial charge is 0.124 e. The average Bonchev–Trinajstić information content (AvgIpc) is 3.30. The van der Waals surface area contributed by atoms with Crippen LogP contribution in [0.1, 0.15) is 64.1 Å². The van der Waals surface area contributed by atoms with Crippen molar-refractivity contribution in [2.24, 2.45) is 5.92 Å². The third kappa shape index (κ3) is 4.10. The standard InChI is InChI=1S/C25H32N2S/c1-18-10-15-23(27(18)16-19-8-6-5-7-9-19)22-17-28-24(26-22)20-11-13-21(14-12-20)25(2,3)4/h10-15,17,19H,5-9,16H2,1-4H3. The van der Waals surface area contributed by atoms with Gasteiger partial charge in [0.2, 0.25) is 0 Å². The minimum absolute atomic E-state index is 0.185. The van der Waals surface area contributed by atoms with Crippen LogP contribution in [0.15, 0.2) is 41.8 Å². The first-order chi connectivity index (χ1) is 13.4. The molecule has 0 saturated heterocycles. The summed E-state index contributed by atoms with van der Waals surface area (Å²) < 4.78 is 2.50. The molecule has 28 heavy (non-hydrogen) atoms. The lowest BCUT2D eigenvalue weighted by atomic mass is 9.87. The number of hydrogen-bond acceptors (Lipinski definition) is 2. The summed E-state index contributed by atoms with van der Waals surface area (Å²) in [6.45, 7) is 10.1. The van der Waals surface area contributed by atoms with Crippen molar-refractivity contribution in [1.29, 1.82) is 0 Å². The van der Waals surface area contributed by atoms with Gasteiger partial charge in [0, 0.05) is 23.2 Å². The summed E-state index contributed by atoms with van der Waals surface area (Å²) in [5.74, 6) is 0.821. The second kappa shape index (κ2) is 7.87. The summed E-state index contributed by atoms with van der Waals surface area (Å²) in [7, 11) is 0. The van der Waals surface area contributed by atoms with Crippen LogP contribution in [0.5, 0.6) is 0 Å². The van der Waals surface area contributed by atoms with Gasteiger partial charge in [0.25, 0.3) is 0 Å². The Morgan fingerprint density at radius 2 is 1.71 bits per heavy atom. The second-order valence-corrected chi connectivity index (χ2v) is 10.2. The summed E-state index contributed by atoms with van der Waals surface area (Å²) in [5.41, 5.74) is 6.51. The van der Waals surface area contributed by atoms with Crippen molar-refractivity contribution in [2.75, 3.05) is 0 Å². The molecule has 0 radical (unpaired) electrons. The number of aromatic nitrogens is 2. The van der Waals surface area contributed by atoms with E-state index in [0.717, 1.165) is 23.2 Å². The summed E-state index contributed by atoms with van der Waals surface area (Å²) in [4.78, 5) is 5.01. The van der Waals surface area contributed by atoms with Crippen LogP contribution in [-0.4, -0.2) is 9.55 Å². The van der Waals surface area contributed by atoms with Crippen molar-refractivity contribution in [2.45, 2.75) is 71.8 Å².